The zero-order chi connectivity index (χ0) is 17.6. The molecule has 1 aliphatic heterocycles. The summed E-state index contributed by atoms with van der Waals surface area (Å²) < 4.78 is 26.6. The van der Waals surface area contributed by atoms with Gasteiger partial charge in [0.05, 0.1) is 4.90 Å². The van der Waals surface area contributed by atoms with E-state index in [0.29, 0.717) is 19.4 Å². The van der Waals surface area contributed by atoms with Gasteiger partial charge in [0.1, 0.15) is 0 Å². The lowest BCUT2D eigenvalue weighted by atomic mass is 10.1. The van der Waals surface area contributed by atoms with Crippen LogP contribution in [0.1, 0.15) is 25.3 Å². The van der Waals surface area contributed by atoms with Crippen LogP contribution in [-0.2, 0) is 21.2 Å². The third-order valence-electron chi connectivity index (χ3n) is 4.26. The molecule has 1 aromatic rings. The SMILES string of the molecule is CCCNS(=O)(=O)c1ccc(CCC(=O)N2CCN(C)CC2)cc1. The fraction of sp³-hybridized carbons (Fsp3) is 0.588. The summed E-state index contributed by atoms with van der Waals surface area (Å²) in [6, 6.07) is 6.79. The second kappa shape index (κ2) is 8.60. The van der Waals surface area contributed by atoms with Crippen LogP contribution >= 0.6 is 0 Å². The summed E-state index contributed by atoms with van der Waals surface area (Å²) in [6.07, 6.45) is 1.85. The zero-order valence-corrected chi connectivity index (χ0v) is 15.3. The highest BCUT2D eigenvalue weighted by molar-refractivity contribution is 7.89. The Morgan fingerprint density at radius 1 is 1.12 bits per heavy atom. The molecule has 0 aliphatic carbocycles. The van der Waals surface area contributed by atoms with Crippen molar-refractivity contribution in [2.75, 3.05) is 39.8 Å². The van der Waals surface area contributed by atoms with Crippen molar-refractivity contribution >= 4 is 15.9 Å². The minimum Gasteiger partial charge on any atom is -0.340 e. The Balaban J connectivity index is 1.86. The van der Waals surface area contributed by atoms with E-state index in [0.717, 1.165) is 38.2 Å². The summed E-state index contributed by atoms with van der Waals surface area (Å²) in [5.74, 6) is 0.171. The van der Waals surface area contributed by atoms with E-state index in [1.165, 1.54) is 0 Å². The van der Waals surface area contributed by atoms with Crippen molar-refractivity contribution in [2.45, 2.75) is 31.1 Å². The number of sulfonamides is 1. The number of hydrogen-bond donors (Lipinski definition) is 1. The van der Waals surface area contributed by atoms with Gasteiger partial charge in [-0.2, -0.15) is 0 Å². The second-order valence-electron chi connectivity index (χ2n) is 6.23. The lowest BCUT2D eigenvalue weighted by molar-refractivity contribution is -0.132. The summed E-state index contributed by atoms with van der Waals surface area (Å²) >= 11 is 0. The minimum absolute atomic E-state index is 0.171. The molecule has 7 heteroatoms. The van der Waals surface area contributed by atoms with Gasteiger partial charge in [0.25, 0.3) is 0 Å². The van der Waals surface area contributed by atoms with E-state index in [2.05, 4.69) is 16.7 Å². The van der Waals surface area contributed by atoms with Crippen LogP contribution in [0, 0.1) is 0 Å². The highest BCUT2D eigenvalue weighted by Crippen LogP contribution is 2.13. The normalized spacial score (nSPS) is 16.3. The molecule has 0 saturated carbocycles. The molecule has 24 heavy (non-hydrogen) atoms. The Morgan fingerprint density at radius 2 is 1.75 bits per heavy atom. The molecule has 0 radical (unpaired) electrons. The maximum absolute atomic E-state index is 12.2. The number of nitrogens with zero attached hydrogens (tertiary/aromatic N) is 2. The number of hydrogen-bond acceptors (Lipinski definition) is 4. The molecule has 2 rings (SSSR count). The molecule has 1 heterocycles. The van der Waals surface area contributed by atoms with Gasteiger partial charge >= 0.3 is 0 Å². The quantitative estimate of drug-likeness (QED) is 0.796. The maximum atomic E-state index is 12.2. The van der Waals surface area contributed by atoms with Gasteiger partial charge in [-0.3, -0.25) is 4.79 Å². The lowest BCUT2D eigenvalue weighted by Gasteiger charge is -2.32. The van der Waals surface area contributed by atoms with Gasteiger partial charge in [0, 0.05) is 39.1 Å². The molecule has 0 atom stereocenters. The molecule has 1 amide bonds. The monoisotopic (exact) mass is 353 g/mol. The minimum atomic E-state index is -3.42. The van der Waals surface area contributed by atoms with Gasteiger partial charge in [0.2, 0.25) is 15.9 Å². The highest BCUT2D eigenvalue weighted by Gasteiger charge is 2.18. The van der Waals surface area contributed by atoms with E-state index in [-0.39, 0.29) is 10.8 Å². The number of piperazine rings is 1. The molecular weight excluding hydrogens is 326 g/mol. The van der Waals surface area contributed by atoms with E-state index in [4.69, 9.17) is 0 Å². The van der Waals surface area contributed by atoms with Gasteiger partial charge in [-0.1, -0.05) is 19.1 Å². The Hall–Kier alpha value is -1.44. The summed E-state index contributed by atoms with van der Waals surface area (Å²) in [5, 5.41) is 0. The van der Waals surface area contributed by atoms with Crippen LogP contribution in [0.25, 0.3) is 0 Å². The van der Waals surface area contributed by atoms with Crippen LogP contribution in [0.4, 0.5) is 0 Å². The third-order valence-corrected chi connectivity index (χ3v) is 5.74. The van der Waals surface area contributed by atoms with E-state index in [9.17, 15) is 13.2 Å². The van der Waals surface area contributed by atoms with Gasteiger partial charge in [0.15, 0.2) is 0 Å². The molecule has 6 nitrogen and oxygen atoms in total. The molecule has 1 aliphatic rings. The van der Waals surface area contributed by atoms with Crippen molar-refractivity contribution in [1.29, 1.82) is 0 Å². The first-order chi connectivity index (χ1) is 11.4. The standard InChI is InChI=1S/C17H27N3O3S/c1-3-10-18-24(22,23)16-7-4-15(5-8-16)6-9-17(21)20-13-11-19(2)12-14-20/h4-5,7-8,18H,3,6,9-14H2,1-2H3. The largest absolute Gasteiger partial charge is 0.340 e. The summed E-state index contributed by atoms with van der Waals surface area (Å²) in [5.41, 5.74) is 0.979. The molecule has 0 bridgehead atoms. The van der Waals surface area contributed by atoms with Crippen molar-refractivity contribution < 1.29 is 13.2 Å². The first-order valence-electron chi connectivity index (χ1n) is 8.47. The number of likely N-dealkylation sites (N-methyl/N-ethyl adjacent to an activating group) is 1. The fourth-order valence-corrected chi connectivity index (χ4v) is 3.75. The summed E-state index contributed by atoms with van der Waals surface area (Å²) in [6.45, 7) is 5.77. The Bertz CT molecular complexity index is 636. The highest BCUT2D eigenvalue weighted by atomic mass is 32.2. The number of carbonyl (C=O) groups is 1. The fourth-order valence-electron chi connectivity index (χ4n) is 2.62. The third kappa shape index (κ3) is 5.29. The van der Waals surface area contributed by atoms with Crippen molar-refractivity contribution in [3.05, 3.63) is 29.8 Å². The molecule has 0 aromatic heterocycles. The predicted octanol–water partition coefficient (Wildman–Crippen LogP) is 1.08. The molecule has 134 valence electrons. The number of rotatable bonds is 7. The van der Waals surface area contributed by atoms with E-state index >= 15 is 0 Å². The van der Waals surface area contributed by atoms with Crippen molar-refractivity contribution in [3.8, 4) is 0 Å². The smallest absolute Gasteiger partial charge is 0.240 e. The van der Waals surface area contributed by atoms with Crippen molar-refractivity contribution in [3.63, 3.8) is 0 Å². The number of nitrogens with one attached hydrogen (secondary N) is 1. The van der Waals surface area contributed by atoms with Crippen molar-refractivity contribution in [2.24, 2.45) is 0 Å². The molecule has 1 aromatic carbocycles. The molecule has 0 unspecified atom stereocenters. The molecule has 1 fully saturated rings. The van der Waals surface area contributed by atoms with Gasteiger partial charge in [-0.05, 0) is 37.6 Å². The van der Waals surface area contributed by atoms with E-state index < -0.39 is 10.0 Å². The second-order valence-corrected chi connectivity index (χ2v) is 7.99. The van der Waals surface area contributed by atoms with Crippen LogP contribution in [0.15, 0.2) is 29.2 Å². The topological polar surface area (TPSA) is 69.7 Å². The van der Waals surface area contributed by atoms with Crippen LogP contribution in [0.2, 0.25) is 0 Å². The summed E-state index contributed by atoms with van der Waals surface area (Å²) in [4.78, 5) is 16.6. The first-order valence-corrected chi connectivity index (χ1v) is 9.95. The van der Waals surface area contributed by atoms with Gasteiger partial charge in [-0.15, -0.1) is 0 Å². The van der Waals surface area contributed by atoms with Crippen LogP contribution in [0.5, 0.6) is 0 Å². The summed E-state index contributed by atoms with van der Waals surface area (Å²) in [7, 11) is -1.36. The van der Waals surface area contributed by atoms with E-state index in [1.54, 1.807) is 24.3 Å². The van der Waals surface area contributed by atoms with Crippen LogP contribution in [-0.4, -0.2) is 63.9 Å². The predicted molar refractivity (Wildman–Crippen MR) is 94.3 cm³/mol. The zero-order valence-electron chi connectivity index (χ0n) is 14.5. The Labute approximate surface area is 144 Å². The number of aryl methyl sites for hydroxylation is 1. The van der Waals surface area contributed by atoms with Crippen LogP contribution in [0.3, 0.4) is 0 Å². The molecule has 1 saturated heterocycles. The molecule has 0 spiro atoms. The average Bonchev–Trinajstić information content (AvgIpc) is 2.59. The van der Waals surface area contributed by atoms with Crippen molar-refractivity contribution in [1.82, 2.24) is 14.5 Å². The Morgan fingerprint density at radius 3 is 2.33 bits per heavy atom. The molecular formula is C17H27N3O3S. The first kappa shape index (κ1) is 18.9. The average molecular weight is 353 g/mol. The van der Waals surface area contributed by atoms with Gasteiger partial charge in [-0.25, -0.2) is 13.1 Å². The van der Waals surface area contributed by atoms with Gasteiger partial charge < -0.3 is 9.80 Å². The van der Waals surface area contributed by atoms with Crippen LogP contribution < -0.4 is 4.72 Å². The number of carbonyl (C=O) groups excluding carboxylic acids is 1. The lowest BCUT2D eigenvalue weighted by Crippen LogP contribution is -2.47. The van der Waals surface area contributed by atoms with E-state index in [1.807, 2.05) is 11.8 Å². The number of amides is 1. The number of benzene rings is 1. The Kier molecular flexibility index (Phi) is 6.77. The maximum Gasteiger partial charge on any atom is 0.240 e. The molecule has 1 N–H and O–H groups in total.